The third-order valence-electron chi connectivity index (χ3n) is 3.05. The molecule has 1 aromatic carbocycles. The Morgan fingerprint density at radius 2 is 2.40 bits per heavy atom. The van der Waals surface area contributed by atoms with Crippen LogP contribution in [0.1, 0.15) is 18.9 Å². The van der Waals surface area contributed by atoms with E-state index in [0.29, 0.717) is 18.3 Å². The number of carbonyl (C=O) groups is 1. The Balaban J connectivity index is 2.43. The van der Waals surface area contributed by atoms with Crippen LogP contribution in [0.2, 0.25) is 0 Å². The van der Waals surface area contributed by atoms with Gasteiger partial charge in [0.05, 0.1) is 6.54 Å². The lowest BCUT2D eigenvalue weighted by Gasteiger charge is -2.35. The van der Waals surface area contributed by atoms with Crippen molar-refractivity contribution >= 4 is 12.0 Å². The molecule has 1 atom stereocenters. The molecule has 0 spiro atoms. The molecule has 1 aliphatic heterocycles. The number of rotatable bonds is 2. The molecule has 0 saturated carbocycles. The minimum atomic E-state index is 0.343. The topological polar surface area (TPSA) is 40.5 Å². The van der Waals surface area contributed by atoms with Gasteiger partial charge in [0.2, 0.25) is 0 Å². The Hall–Kier alpha value is -1.51. The van der Waals surface area contributed by atoms with Crippen molar-refractivity contribution < 1.29 is 9.90 Å². The number of benzene rings is 1. The highest BCUT2D eigenvalue weighted by atomic mass is 16.3. The smallest absolute Gasteiger partial charge is 0.139 e. The molecule has 0 aromatic heterocycles. The second-order valence-electron chi connectivity index (χ2n) is 3.98. The van der Waals surface area contributed by atoms with E-state index in [1.807, 2.05) is 17.0 Å². The van der Waals surface area contributed by atoms with Crippen LogP contribution in [0.25, 0.3) is 0 Å². The minimum Gasteiger partial charge on any atom is -0.508 e. The van der Waals surface area contributed by atoms with Crippen molar-refractivity contribution in [2.45, 2.75) is 25.8 Å². The van der Waals surface area contributed by atoms with Crippen LogP contribution < -0.4 is 4.90 Å². The van der Waals surface area contributed by atoms with E-state index < -0.39 is 0 Å². The lowest BCUT2D eigenvalue weighted by molar-refractivity contribution is -0.106. The molecule has 0 saturated heterocycles. The fraction of sp³-hybridized carbons (Fsp3) is 0.417. The quantitative estimate of drug-likeness (QED) is 0.747. The van der Waals surface area contributed by atoms with Gasteiger partial charge in [-0.1, -0.05) is 6.07 Å². The number of nitrogens with zero attached hydrogens (tertiary/aromatic N) is 1. The second-order valence-corrected chi connectivity index (χ2v) is 3.98. The Kier molecular flexibility index (Phi) is 2.62. The number of fused-ring (bicyclic) bond motifs is 1. The first kappa shape index (κ1) is 10.0. The Morgan fingerprint density at radius 3 is 3.13 bits per heavy atom. The van der Waals surface area contributed by atoms with Crippen molar-refractivity contribution in [2.75, 3.05) is 11.4 Å². The second kappa shape index (κ2) is 3.93. The third kappa shape index (κ3) is 1.69. The largest absolute Gasteiger partial charge is 0.508 e. The summed E-state index contributed by atoms with van der Waals surface area (Å²) in [5.41, 5.74) is 1.97. The molecule has 1 heterocycles. The van der Waals surface area contributed by atoms with Crippen LogP contribution in [0.3, 0.4) is 0 Å². The van der Waals surface area contributed by atoms with Gasteiger partial charge in [0, 0.05) is 17.3 Å². The lowest BCUT2D eigenvalue weighted by Crippen LogP contribution is -2.38. The van der Waals surface area contributed by atoms with E-state index >= 15 is 0 Å². The highest BCUT2D eigenvalue weighted by Gasteiger charge is 2.24. The van der Waals surface area contributed by atoms with Gasteiger partial charge in [-0.2, -0.15) is 0 Å². The molecular formula is C12H15NO2. The van der Waals surface area contributed by atoms with Crippen molar-refractivity contribution in [1.29, 1.82) is 0 Å². The zero-order valence-corrected chi connectivity index (χ0v) is 8.81. The van der Waals surface area contributed by atoms with E-state index in [9.17, 15) is 9.90 Å². The maximum Gasteiger partial charge on any atom is 0.139 e. The monoisotopic (exact) mass is 205 g/mol. The number of aromatic hydroxyl groups is 1. The normalized spacial score (nSPS) is 19.8. The van der Waals surface area contributed by atoms with Gasteiger partial charge in [0.15, 0.2) is 0 Å². The molecule has 80 valence electrons. The first-order chi connectivity index (χ1) is 7.24. The summed E-state index contributed by atoms with van der Waals surface area (Å²) in [6.45, 7) is 2.51. The molecule has 0 fully saturated rings. The van der Waals surface area contributed by atoms with Gasteiger partial charge in [0.1, 0.15) is 12.0 Å². The average Bonchev–Trinajstić information content (AvgIpc) is 2.23. The van der Waals surface area contributed by atoms with E-state index in [2.05, 4.69) is 6.92 Å². The summed E-state index contributed by atoms with van der Waals surface area (Å²) in [7, 11) is 0. The molecule has 0 bridgehead atoms. The molecule has 2 rings (SSSR count). The summed E-state index contributed by atoms with van der Waals surface area (Å²) in [5.74, 6) is 0.343. The van der Waals surface area contributed by atoms with E-state index in [0.717, 1.165) is 30.4 Å². The van der Waals surface area contributed by atoms with Crippen LogP contribution in [0, 0.1) is 0 Å². The maximum atomic E-state index is 10.6. The summed E-state index contributed by atoms with van der Waals surface area (Å²) in [4.78, 5) is 12.7. The highest BCUT2D eigenvalue weighted by Crippen LogP contribution is 2.35. The SMILES string of the molecule is CC1CCc2c(O)cccc2N1CC=O. The fourth-order valence-corrected chi connectivity index (χ4v) is 2.19. The van der Waals surface area contributed by atoms with Gasteiger partial charge >= 0.3 is 0 Å². The average molecular weight is 205 g/mol. The van der Waals surface area contributed by atoms with Crippen molar-refractivity contribution in [2.24, 2.45) is 0 Å². The van der Waals surface area contributed by atoms with E-state index in [-0.39, 0.29) is 0 Å². The molecule has 1 aromatic rings. The Morgan fingerprint density at radius 1 is 1.60 bits per heavy atom. The molecule has 3 heteroatoms. The zero-order chi connectivity index (χ0) is 10.8. The minimum absolute atomic E-state index is 0.343. The fourth-order valence-electron chi connectivity index (χ4n) is 2.19. The lowest BCUT2D eigenvalue weighted by atomic mass is 9.96. The van der Waals surface area contributed by atoms with Crippen LogP contribution in [0.15, 0.2) is 18.2 Å². The van der Waals surface area contributed by atoms with Crippen molar-refractivity contribution in [3.63, 3.8) is 0 Å². The number of carbonyl (C=O) groups excluding carboxylic acids is 1. The standard InChI is InChI=1S/C12H15NO2/c1-9-5-6-10-11(13(9)7-8-14)3-2-4-12(10)15/h2-4,8-9,15H,5-7H2,1H3. The molecule has 1 aliphatic rings. The van der Waals surface area contributed by atoms with Crippen molar-refractivity contribution in [1.82, 2.24) is 0 Å². The summed E-state index contributed by atoms with van der Waals surface area (Å²) in [6, 6.07) is 5.86. The van der Waals surface area contributed by atoms with Crippen molar-refractivity contribution in [3.8, 4) is 5.75 Å². The van der Waals surface area contributed by atoms with Gasteiger partial charge in [-0.25, -0.2) is 0 Å². The zero-order valence-electron chi connectivity index (χ0n) is 8.81. The van der Waals surface area contributed by atoms with Crippen LogP contribution in [-0.2, 0) is 11.2 Å². The first-order valence-electron chi connectivity index (χ1n) is 5.25. The van der Waals surface area contributed by atoms with Crippen LogP contribution >= 0.6 is 0 Å². The van der Waals surface area contributed by atoms with Gasteiger partial charge < -0.3 is 14.8 Å². The molecule has 3 nitrogen and oxygen atoms in total. The number of phenols is 1. The van der Waals surface area contributed by atoms with Crippen LogP contribution in [-0.4, -0.2) is 24.0 Å². The first-order valence-corrected chi connectivity index (χ1v) is 5.25. The molecule has 0 amide bonds. The van der Waals surface area contributed by atoms with Gasteiger partial charge in [-0.15, -0.1) is 0 Å². The van der Waals surface area contributed by atoms with E-state index in [1.54, 1.807) is 6.07 Å². The Bertz CT molecular complexity index is 376. The number of hydrogen-bond acceptors (Lipinski definition) is 3. The van der Waals surface area contributed by atoms with Gasteiger partial charge in [-0.05, 0) is 31.9 Å². The number of hydrogen-bond donors (Lipinski definition) is 1. The predicted molar refractivity (Wildman–Crippen MR) is 59.3 cm³/mol. The Labute approximate surface area is 89.3 Å². The maximum absolute atomic E-state index is 10.6. The molecule has 1 unspecified atom stereocenters. The number of anilines is 1. The summed E-state index contributed by atoms with van der Waals surface area (Å²) >= 11 is 0. The predicted octanol–water partition coefficient (Wildman–Crippen LogP) is 1.73. The summed E-state index contributed by atoms with van der Waals surface area (Å²) < 4.78 is 0. The number of aldehydes is 1. The molecule has 0 radical (unpaired) electrons. The van der Waals surface area contributed by atoms with Gasteiger partial charge in [0.25, 0.3) is 0 Å². The summed E-state index contributed by atoms with van der Waals surface area (Å²) in [5, 5.41) is 9.71. The molecule has 0 aliphatic carbocycles. The highest BCUT2D eigenvalue weighted by molar-refractivity contribution is 5.67. The third-order valence-corrected chi connectivity index (χ3v) is 3.05. The van der Waals surface area contributed by atoms with E-state index in [4.69, 9.17) is 0 Å². The van der Waals surface area contributed by atoms with Gasteiger partial charge in [-0.3, -0.25) is 0 Å². The van der Waals surface area contributed by atoms with Crippen LogP contribution in [0.4, 0.5) is 5.69 Å². The summed E-state index contributed by atoms with van der Waals surface area (Å²) in [6.07, 6.45) is 2.78. The van der Waals surface area contributed by atoms with Crippen molar-refractivity contribution in [3.05, 3.63) is 23.8 Å². The molecule has 15 heavy (non-hydrogen) atoms. The van der Waals surface area contributed by atoms with Crippen LogP contribution in [0.5, 0.6) is 5.75 Å². The number of phenolic OH excluding ortho intramolecular Hbond substituents is 1. The van der Waals surface area contributed by atoms with E-state index in [1.165, 1.54) is 0 Å². The molecule has 1 N–H and O–H groups in total. The molecular weight excluding hydrogens is 190 g/mol.